The molecule has 0 amide bonds. The topological polar surface area (TPSA) is 56.4 Å². The number of halogens is 3. The van der Waals surface area contributed by atoms with Gasteiger partial charge in [-0.3, -0.25) is 0 Å². The van der Waals surface area contributed by atoms with Gasteiger partial charge in [0.25, 0.3) is 6.26 Å². The van der Waals surface area contributed by atoms with Crippen LogP contribution in [0.5, 0.6) is 11.5 Å². The molecule has 0 N–H and O–H groups in total. The van der Waals surface area contributed by atoms with E-state index in [0.717, 1.165) is 0 Å². The van der Waals surface area contributed by atoms with E-state index in [-0.39, 0.29) is 11.5 Å². The predicted octanol–water partition coefficient (Wildman–Crippen LogP) is 3.74. The molecule has 0 spiro atoms. The van der Waals surface area contributed by atoms with Crippen molar-refractivity contribution in [3.05, 3.63) is 23.9 Å². The molecule has 0 fully saturated rings. The Bertz CT molecular complexity index is 732. The van der Waals surface area contributed by atoms with Gasteiger partial charge in [-0.25, -0.2) is 0 Å². The van der Waals surface area contributed by atoms with Crippen LogP contribution in [0.1, 0.15) is 12.6 Å². The average molecular weight is 328 g/mol. The number of rotatable bonds is 6. The minimum Gasteiger partial charge on any atom is -0.406 e. The Balaban J connectivity index is 2.48. The van der Waals surface area contributed by atoms with Crippen molar-refractivity contribution in [3.63, 3.8) is 0 Å². The van der Waals surface area contributed by atoms with Crippen LogP contribution < -0.4 is 9.47 Å². The van der Waals surface area contributed by atoms with E-state index in [0.29, 0.717) is 36.4 Å². The van der Waals surface area contributed by atoms with Crippen LogP contribution in [0.15, 0.2) is 18.2 Å². The van der Waals surface area contributed by atoms with E-state index in [1.807, 2.05) is 11.5 Å². The van der Waals surface area contributed by atoms with Gasteiger partial charge in [-0.15, -0.1) is 18.4 Å². The Morgan fingerprint density at radius 1 is 1.30 bits per heavy atom. The Morgan fingerprint density at radius 3 is 2.65 bits per heavy atom. The highest BCUT2D eigenvalue weighted by molar-refractivity contribution is 5.90. The highest BCUT2D eigenvalue weighted by Gasteiger charge is 2.31. The molecule has 2 aromatic rings. The maximum absolute atomic E-state index is 12.4. The molecule has 1 aromatic heterocycles. The van der Waals surface area contributed by atoms with Crippen molar-refractivity contribution in [2.24, 2.45) is 0 Å². The van der Waals surface area contributed by atoms with Crippen LogP contribution in [0, 0.1) is 18.4 Å². The first-order chi connectivity index (χ1) is 10.9. The van der Waals surface area contributed by atoms with Gasteiger partial charge in [0.05, 0.1) is 17.8 Å². The van der Waals surface area contributed by atoms with E-state index in [9.17, 15) is 13.2 Å². The first-order valence-electron chi connectivity index (χ1n) is 6.89. The number of benzene rings is 1. The summed E-state index contributed by atoms with van der Waals surface area (Å²) < 4.78 is 53.0. The number of ether oxygens (including phenoxy) is 3. The Kier molecular flexibility index (Phi) is 5.01. The third kappa shape index (κ3) is 3.87. The number of alkyl halides is 3. The van der Waals surface area contributed by atoms with Gasteiger partial charge in [0, 0.05) is 18.5 Å². The molecule has 8 heteroatoms. The zero-order valence-corrected chi connectivity index (χ0v) is 12.6. The minimum atomic E-state index is -4.78. The van der Waals surface area contributed by atoms with Crippen molar-refractivity contribution >= 4 is 10.9 Å². The van der Waals surface area contributed by atoms with Crippen LogP contribution in [0.2, 0.25) is 0 Å². The largest absolute Gasteiger partial charge is 0.573 e. The van der Waals surface area contributed by atoms with Gasteiger partial charge in [0.15, 0.2) is 5.75 Å². The highest BCUT2D eigenvalue weighted by Crippen LogP contribution is 2.36. The summed E-state index contributed by atoms with van der Waals surface area (Å²) in [5.41, 5.74) is 1.27. The standard InChI is InChI=1S/C15H15F3N2O3/c1-3-21-7-6-20-10(2)14(22-9-19)12-8-11(4-5-13(12)20)23-15(16,17)18/h4-5,8H,3,6-7H2,1-2H3. The molecular weight excluding hydrogens is 313 g/mol. The second-order valence-electron chi connectivity index (χ2n) is 4.68. The van der Waals surface area contributed by atoms with Crippen LogP contribution in [-0.4, -0.2) is 24.1 Å². The van der Waals surface area contributed by atoms with E-state index in [4.69, 9.17) is 14.7 Å². The molecule has 2 rings (SSSR count). The van der Waals surface area contributed by atoms with Gasteiger partial charge in [-0.2, -0.15) is 0 Å². The molecule has 0 bridgehead atoms. The zero-order valence-electron chi connectivity index (χ0n) is 12.6. The van der Waals surface area contributed by atoms with E-state index < -0.39 is 6.36 Å². The van der Waals surface area contributed by atoms with Crippen LogP contribution in [0.25, 0.3) is 10.9 Å². The van der Waals surface area contributed by atoms with Gasteiger partial charge in [0.1, 0.15) is 5.75 Å². The quantitative estimate of drug-likeness (QED) is 0.599. The molecule has 0 radical (unpaired) electrons. The monoisotopic (exact) mass is 328 g/mol. The number of aromatic nitrogens is 1. The molecule has 0 aliphatic rings. The second-order valence-corrected chi connectivity index (χ2v) is 4.68. The zero-order chi connectivity index (χ0) is 17.0. The Morgan fingerprint density at radius 2 is 2.04 bits per heavy atom. The Labute approximate surface area is 130 Å². The number of hydrogen-bond donors (Lipinski definition) is 0. The molecule has 0 aliphatic heterocycles. The lowest BCUT2D eigenvalue weighted by Gasteiger charge is -2.10. The van der Waals surface area contributed by atoms with Crippen LogP contribution in [-0.2, 0) is 11.3 Å². The van der Waals surface area contributed by atoms with Gasteiger partial charge >= 0.3 is 6.36 Å². The molecule has 1 aromatic carbocycles. The number of nitrogens with zero attached hydrogens (tertiary/aromatic N) is 2. The predicted molar refractivity (Wildman–Crippen MR) is 76.1 cm³/mol. The van der Waals surface area contributed by atoms with Crippen LogP contribution in [0.3, 0.4) is 0 Å². The molecule has 0 saturated carbocycles. The van der Waals surface area contributed by atoms with Crippen molar-refractivity contribution in [2.75, 3.05) is 13.2 Å². The fourth-order valence-electron chi connectivity index (χ4n) is 2.39. The molecule has 1 heterocycles. The summed E-state index contributed by atoms with van der Waals surface area (Å²) in [5.74, 6) is -0.152. The summed E-state index contributed by atoms with van der Waals surface area (Å²) in [6.07, 6.45) is -3.22. The first-order valence-corrected chi connectivity index (χ1v) is 6.89. The summed E-state index contributed by atoms with van der Waals surface area (Å²) in [4.78, 5) is 0. The second kappa shape index (κ2) is 6.79. The molecule has 0 saturated heterocycles. The fourth-order valence-corrected chi connectivity index (χ4v) is 2.39. The molecule has 0 aliphatic carbocycles. The lowest BCUT2D eigenvalue weighted by atomic mass is 10.2. The highest BCUT2D eigenvalue weighted by atomic mass is 19.4. The number of hydrogen-bond acceptors (Lipinski definition) is 4. The Hall–Kier alpha value is -2.40. The minimum absolute atomic E-state index is 0.214. The summed E-state index contributed by atoms with van der Waals surface area (Å²) in [7, 11) is 0. The first kappa shape index (κ1) is 17.0. The van der Waals surface area contributed by atoms with Crippen molar-refractivity contribution in [2.45, 2.75) is 26.8 Å². The molecule has 23 heavy (non-hydrogen) atoms. The van der Waals surface area contributed by atoms with E-state index in [1.54, 1.807) is 13.2 Å². The summed E-state index contributed by atoms with van der Waals surface area (Å²) in [6, 6.07) is 3.93. The van der Waals surface area contributed by atoms with E-state index >= 15 is 0 Å². The van der Waals surface area contributed by atoms with Crippen molar-refractivity contribution in [1.29, 1.82) is 5.26 Å². The van der Waals surface area contributed by atoms with E-state index in [1.165, 1.54) is 18.2 Å². The molecule has 5 nitrogen and oxygen atoms in total. The molecular formula is C15H15F3N2O3. The third-order valence-corrected chi connectivity index (χ3v) is 3.28. The van der Waals surface area contributed by atoms with Gasteiger partial charge in [0.2, 0.25) is 0 Å². The van der Waals surface area contributed by atoms with Crippen LogP contribution in [0.4, 0.5) is 13.2 Å². The SMILES string of the molecule is CCOCCn1c(C)c(OC#N)c2cc(OC(F)(F)F)ccc21. The summed E-state index contributed by atoms with van der Waals surface area (Å²) in [5, 5.41) is 9.14. The smallest absolute Gasteiger partial charge is 0.406 e. The number of fused-ring (bicyclic) bond motifs is 1. The third-order valence-electron chi connectivity index (χ3n) is 3.28. The van der Waals surface area contributed by atoms with Gasteiger partial charge in [-0.1, -0.05) is 0 Å². The lowest BCUT2D eigenvalue weighted by molar-refractivity contribution is -0.274. The lowest BCUT2D eigenvalue weighted by Crippen LogP contribution is -2.17. The van der Waals surface area contributed by atoms with Crippen LogP contribution >= 0.6 is 0 Å². The molecule has 0 unspecified atom stereocenters. The van der Waals surface area contributed by atoms with Crippen molar-refractivity contribution in [3.8, 4) is 17.8 Å². The maximum Gasteiger partial charge on any atom is 0.573 e. The summed E-state index contributed by atoms with van der Waals surface area (Å²) >= 11 is 0. The van der Waals surface area contributed by atoms with Gasteiger partial charge < -0.3 is 18.8 Å². The molecule has 0 atom stereocenters. The van der Waals surface area contributed by atoms with Crippen molar-refractivity contribution in [1.82, 2.24) is 4.57 Å². The number of nitriles is 1. The fraction of sp³-hybridized carbons (Fsp3) is 0.400. The normalized spacial score (nSPS) is 11.5. The van der Waals surface area contributed by atoms with Crippen molar-refractivity contribution < 1.29 is 27.4 Å². The van der Waals surface area contributed by atoms with E-state index in [2.05, 4.69) is 4.74 Å². The summed E-state index contributed by atoms with van der Waals surface area (Å²) in [6.45, 7) is 5.08. The molecule has 124 valence electrons. The maximum atomic E-state index is 12.4. The van der Waals surface area contributed by atoms with Gasteiger partial charge in [-0.05, 0) is 32.0 Å². The average Bonchev–Trinajstić information content (AvgIpc) is 2.71.